The van der Waals surface area contributed by atoms with Gasteiger partial charge in [0.05, 0.1) is 17.6 Å². The highest BCUT2D eigenvalue weighted by Gasteiger charge is 2.46. The van der Waals surface area contributed by atoms with Crippen LogP contribution in [0.15, 0.2) is 28.8 Å². The third-order valence-corrected chi connectivity index (χ3v) is 4.67. The van der Waals surface area contributed by atoms with E-state index in [1.54, 1.807) is 6.92 Å². The number of para-hydroxylation sites is 2. The van der Waals surface area contributed by atoms with E-state index in [2.05, 4.69) is 24.9 Å². The zero-order valence-corrected chi connectivity index (χ0v) is 14.5. The van der Waals surface area contributed by atoms with Gasteiger partial charge in [0.15, 0.2) is 5.82 Å². The van der Waals surface area contributed by atoms with Crippen molar-refractivity contribution in [3.63, 3.8) is 0 Å². The molecule has 8 nitrogen and oxygen atoms in total. The average Bonchev–Trinajstić information content (AvgIpc) is 3.26. The van der Waals surface area contributed by atoms with Crippen LogP contribution in [0.2, 0.25) is 0 Å². The molecule has 1 aliphatic heterocycles. The Balaban J connectivity index is 1.71. The lowest BCUT2D eigenvalue weighted by molar-refractivity contribution is -0.121. The molecule has 4 rings (SSSR count). The number of hydrogen-bond acceptors (Lipinski definition) is 6. The lowest BCUT2D eigenvalue weighted by atomic mass is 9.98. The van der Waals surface area contributed by atoms with Crippen LogP contribution in [0.4, 0.5) is 5.95 Å². The lowest BCUT2D eigenvalue weighted by Gasteiger charge is -2.26. The monoisotopic (exact) mass is 340 g/mol. The Kier molecular flexibility index (Phi) is 3.48. The number of aryl methyl sites for hydroxylation is 2. The molecule has 1 fully saturated rings. The minimum absolute atomic E-state index is 0.122. The summed E-state index contributed by atoms with van der Waals surface area (Å²) in [5.41, 5.74) is 1.33. The normalized spacial score (nSPS) is 20.4. The number of benzene rings is 1. The van der Waals surface area contributed by atoms with Crippen molar-refractivity contribution in [1.82, 2.24) is 25.0 Å². The molecule has 1 N–H and O–H groups in total. The summed E-state index contributed by atoms with van der Waals surface area (Å²) in [6.45, 7) is 4.54. The maximum Gasteiger partial charge on any atom is 0.254 e. The molecule has 1 atom stereocenters. The van der Waals surface area contributed by atoms with Gasteiger partial charge in [0.25, 0.3) is 5.89 Å². The predicted molar refractivity (Wildman–Crippen MR) is 92.1 cm³/mol. The second kappa shape index (κ2) is 5.58. The van der Waals surface area contributed by atoms with Crippen LogP contribution in [0.5, 0.6) is 0 Å². The molecule has 1 unspecified atom stereocenters. The van der Waals surface area contributed by atoms with Crippen molar-refractivity contribution in [2.45, 2.75) is 25.8 Å². The predicted octanol–water partition coefficient (Wildman–Crippen LogP) is 1.51. The fourth-order valence-electron chi connectivity index (χ4n) is 3.55. The maximum absolute atomic E-state index is 11.8. The van der Waals surface area contributed by atoms with E-state index in [4.69, 9.17) is 9.51 Å². The van der Waals surface area contributed by atoms with Gasteiger partial charge < -0.3 is 19.3 Å². The molecule has 0 saturated carbocycles. The van der Waals surface area contributed by atoms with E-state index in [0.29, 0.717) is 24.7 Å². The van der Waals surface area contributed by atoms with E-state index in [9.17, 15) is 4.79 Å². The van der Waals surface area contributed by atoms with Crippen LogP contribution in [-0.2, 0) is 17.4 Å². The summed E-state index contributed by atoms with van der Waals surface area (Å²) in [5.74, 6) is 1.75. The summed E-state index contributed by atoms with van der Waals surface area (Å²) >= 11 is 0. The van der Waals surface area contributed by atoms with E-state index >= 15 is 0 Å². The molecule has 1 aromatic carbocycles. The van der Waals surface area contributed by atoms with E-state index in [1.165, 1.54) is 6.92 Å². The molecule has 1 saturated heterocycles. The smallest absolute Gasteiger partial charge is 0.254 e. The van der Waals surface area contributed by atoms with Crippen LogP contribution < -0.4 is 10.2 Å². The minimum atomic E-state index is -0.689. The fourth-order valence-corrected chi connectivity index (χ4v) is 3.55. The first-order valence-corrected chi connectivity index (χ1v) is 8.24. The molecule has 0 aliphatic carbocycles. The van der Waals surface area contributed by atoms with Crippen molar-refractivity contribution in [3.05, 3.63) is 36.0 Å². The molecule has 0 bridgehead atoms. The van der Waals surface area contributed by atoms with Crippen LogP contribution in [0.3, 0.4) is 0 Å². The largest absolute Gasteiger partial charge is 0.340 e. The van der Waals surface area contributed by atoms with E-state index < -0.39 is 5.54 Å². The van der Waals surface area contributed by atoms with Crippen LogP contribution in [0.1, 0.15) is 25.1 Å². The molecule has 3 heterocycles. The zero-order chi connectivity index (χ0) is 17.6. The first-order valence-electron chi connectivity index (χ1n) is 8.24. The summed E-state index contributed by atoms with van der Waals surface area (Å²) < 4.78 is 7.46. The molecule has 0 radical (unpaired) electrons. The third-order valence-electron chi connectivity index (χ3n) is 4.67. The number of anilines is 1. The van der Waals surface area contributed by atoms with Gasteiger partial charge in [0.2, 0.25) is 11.9 Å². The maximum atomic E-state index is 11.8. The summed E-state index contributed by atoms with van der Waals surface area (Å²) in [6.07, 6.45) is 0.678. The molecule has 1 amide bonds. The first-order chi connectivity index (χ1) is 12.0. The van der Waals surface area contributed by atoms with Gasteiger partial charge in [-0.05, 0) is 25.5 Å². The Morgan fingerprint density at radius 3 is 2.80 bits per heavy atom. The molecule has 130 valence electrons. The lowest BCUT2D eigenvalue weighted by Crippen LogP contribution is -2.47. The minimum Gasteiger partial charge on any atom is -0.340 e. The quantitative estimate of drug-likeness (QED) is 0.777. The third kappa shape index (κ3) is 2.54. The van der Waals surface area contributed by atoms with Crippen LogP contribution in [-0.4, -0.2) is 38.7 Å². The van der Waals surface area contributed by atoms with Gasteiger partial charge in [-0.15, -0.1) is 0 Å². The Labute approximate surface area is 144 Å². The van der Waals surface area contributed by atoms with E-state index in [-0.39, 0.29) is 5.91 Å². The molecular formula is C17H20N6O2. The number of rotatable bonds is 3. The Hall–Kier alpha value is -2.90. The molecule has 25 heavy (non-hydrogen) atoms. The van der Waals surface area contributed by atoms with E-state index in [0.717, 1.165) is 23.5 Å². The van der Waals surface area contributed by atoms with Crippen LogP contribution in [0, 0.1) is 6.92 Å². The van der Waals surface area contributed by atoms with Gasteiger partial charge in [-0.3, -0.25) is 4.79 Å². The van der Waals surface area contributed by atoms with Crippen molar-refractivity contribution in [2.24, 2.45) is 7.05 Å². The summed E-state index contributed by atoms with van der Waals surface area (Å²) in [7, 11) is 2.00. The number of hydrogen-bond donors (Lipinski definition) is 1. The summed E-state index contributed by atoms with van der Waals surface area (Å²) in [6, 6.07) is 8.02. The first kappa shape index (κ1) is 15.6. The van der Waals surface area contributed by atoms with Crippen molar-refractivity contribution in [3.8, 4) is 0 Å². The number of imidazole rings is 1. The second-order valence-electron chi connectivity index (χ2n) is 6.54. The topological polar surface area (TPSA) is 89.1 Å². The van der Waals surface area contributed by atoms with Gasteiger partial charge in [-0.25, -0.2) is 4.98 Å². The number of fused-ring (bicyclic) bond motifs is 1. The van der Waals surface area contributed by atoms with Crippen molar-refractivity contribution in [2.75, 3.05) is 18.0 Å². The number of nitrogens with one attached hydrogen (secondary N) is 1. The highest BCUT2D eigenvalue weighted by atomic mass is 16.5. The van der Waals surface area contributed by atoms with Gasteiger partial charge in [-0.2, -0.15) is 4.98 Å². The number of carbonyl (C=O) groups excluding carboxylic acids is 1. The van der Waals surface area contributed by atoms with Gasteiger partial charge in [0.1, 0.15) is 5.54 Å². The molecule has 0 spiro atoms. The second-order valence-corrected chi connectivity index (χ2v) is 6.54. The molecule has 8 heteroatoms. The number of nitrogens with zero attached hydrogens (tertiary/aromatic N) is 5. The molecular weight excluding hydrogens is 320 g/mol. The summed E-state index contributed by atoms with van der Waals surface area (Å²) in [4.78, 5) is 23.1. The van der Waals surface area contributed by atoms with Crippen LogP contribution >= 0.6 is 0 Å². The van der Waals surface area contributed by atoms with Gasteiger partial charge >= 0.3 is 0 Å². The zero-order valence-electron chi connectivity index (χ0n) is 14.5. The molecule has 1 aliphatic rings. The van der Waals surface area contributed by atoms with Gasteiger partial charge in [0, 0.05) is 20.5 Å². The Morgan fingerprint density at radius 1 is 1.32 bits per heavy atom. The van der Waals surface area contributed by atoms with Crippen LogP contribution in [0.25, 0.3) is 11.0 Å². The van der Waals surface area contributed by atoms with Crippen molar-refractivity contribution >= 4 is 22.9 Å². The standard InChI is InChI=1S/C17H20N6O2/c1-11-18-15(25-21-11)17(20-12(2)24)8-9-23(10-17)16-19-13-6-4-5-7-14(13)22(16)3/h4-7H,8-10H2,1-3H3,(H,20,24). The average molecular weight is 340 g/mol. The van der Waals surface area contributed by atoms with Gasteiger partial charge in [-0.1, -0.05) is 17.3 Å². The van der Waals surface area contributed by atoms with E-state index in [1.807, 2.05) is 31.3 Å². The molecule has 3 aromatic rings. The highest BCUT2D eigenvalue weighted by molar-refractivity contribution is 5.79. The highest BCUT2D eigenvalue weighted by Crippen LogP contribution is 2.34. The summed E-state index contributed by atoms with van der Waals surface area (Å²) in [5, 5.41) is 6.91. The number of carbonyl (C=O) groups is 1. The SMILES string of the molecule is CC(=O)NC1(c2nc(C)no2)CCN(c2nc3ccccc3n2C)C1. The van der Waals surface area contributed by atoms with Crippen molar-refractivity contribution in [1.29, 1.82) is 0 Å². The fraction of sp³-hybridized carbons (Fsp3) is 0.412. The van der Waals surface area contributed by atoms with Crippen molar-refractivity contribution < 1.29 is 9.32 Å². The Bertz CT molecular complexity index is 946. The number of amides is 1. The number of aromatic nitrogens is 4. The molecule has 2 aromatic heterocycles. The Morgan fingerprint density at radius 2 is 2.12 bits per heavy atom.